The van der Waals surface area contributed by atoms with Crippen molar-refractivity contribution in [2.24, 2.45) is 39.8 Å². The minimum absolute atomic E-state index is 0.0258. The third-order valence-electron chi connectivity index (χ3n) is 8.43. The molecule has 2 N–H and O–H groups in total. The molecule has 150 valence electrons. The predicted molar refractivity (Wildman–Crippen MR) is 112 cm³/mol. The lowest BCUT2D eigenvalue weighted by atomic mass is 9.71. The Labute approximate surface area is 171 Å². The average Bonchev–Trinajstić information content (AvgIpc) is 3.40. The number of rotatable bonds is 4. The highest BCUT2D eigenvalue weighted by Gasteiger charge is 2.77. The van der Waals surface area contributed by atoms with Gasteiger partial charge in [-0.3, -0.25) is 4.99 Å². The zero-order chi connectivity index (χ0) is 19.5. The van der Waals surface area contributed by atoms with E-state index in [4.69, 9.17) is 22.9 Å². The Morgan fingerprint density at radius 2 is 1.82 bits per heavy atom. The molecule has 0 radical (unpaired) electrons. The highest BCUT2D eigenvalue weighted by molar-refractivity contribution is 7.80. The predicted octanol–water partition coefficient (Wildman–Crippen LogP) is 5.15. The summed E-state index contributed by atoms with van der Waals surface area (Å²) in [4.78, 5) is 5.43. The minimum Gasteiger partial charge on any atom is -0.328 e. The summed E-state index contributed by atoms with van der Waals surface area (Å²) in [5, 5.41) is 0. The molecule has 5 heteroatoms. The Kier molecular flexibility index (Phi) is 4.48. The second-order valence-electron chi connectivity index (χ2n) is 9.65. The minimum atomic E-state index is -2.27. The van der Waals surface area contributed by atoms with Gasteiger partial charge in [0.25, 0.3) is 0 Å². The molecule has 6 rings (SSSR count). The molecule has 5 aliphatic rings. The number of thiocarbonyl (C=S) groups is 1. The molecule has 4 bridgehead atoms. The van der Waals surface area contributed by atoms with Crippen LogP contribution >= 0.6 is 12.2 Å². The van der Waals surface area contributed by atoms with Crippen molar-refractivity contribution in [3.63, 3.8) is 0 Å². The molecule has 1 aromatic rings. The van der Waals surface area contributed by atoms with E-state index in [1.54, 1.807) is 0 Å². The molecule has 5 aliphatic carbocycles. The largest absolute Gasteiger partial charge is 0.328 e. The molecular weight excluding hydrogens is 374 g/mol. The number of aliphatic imine (C=N–C) groups is 1. The SMILES string of the molecule is NC1CCC(C=NC(=S)C23CC4C(C(F)F)C2CC4(c2ccccc2)C3)CC1. The van der Waals surface area contributed by atoms with Crippen LogP contribution in [0.2, 0.25) is 0 Å². The van der Waals surface area contributed by atoms with Crippen molar-refractivity contribution in [3.05, 3.63) is 35.9 Å². The van der Waals surface area contributed by atoms with E-state index < -0.39 is 12.3 Å². The number of nitrogens with zero attached hydrogens (tertiary/aromatic N) is 1. The summed E-state index contributed by atoms with van der Waals surface area (Å²) < 4.78 is 28.0. The fraction of sp³-hybridized carbons (Fsp3) is 0.652. The first-order valence-corrected chi connectivity index (χ1v) is 11.0. The fourth-order valence-electron chi connectivity index (χ4n) is 7.21. The molecule has 2 nitrogen and oxygen atoms in total. The quantitative estimate of drug-likeness (QED) is 0.559. The van der Waals surface area contributed by atoms with E-state index in [0.717, 1.165) is 44.9 Å². The van der Waals surface area contributed by atoms with Crippen molar-refractivity contribution in [2.75, 3.05) is 0 Å². The van der Waals surface area contributed by atoms with Gasteiger partial charge < -0.3 is 5.73 Å². The summed E-state index contributed by atoms with van der Waals surface area (Å²) in [5.74, 6) is -0.102. The lowest BCUT2D eigenvalue weighted by Gasteiger charge is -2.34. The topological polar surface area (TPSA) is 38.4 Å². The van der Waals surface area contributed by atoms with Gasteiger partial charge in [0.2, 0.25) is 6.43 Å². The van der Waals surface area contributed by atoms with Gasteiger partial charge in [-0.25, -0.2) is 8.78 Å². The molecule has 0 heterocycles. The monoisotopic (exact) mass is 402 g/mol. The molecule has 5 saturated carbocycles. The van der Waals surface area contributed by atoms with Gasteiger partial charge in [0, 0.05) is 23.6 Å². The van der Waals surface area contributed by atoms with Crippen molar-refractivity contribution < 1.29 is 8.78 Å². The van der Waals surface area contributed by atoms with Crippen molar-refractivity contribution in [3.8, 4) is 0 Å². The third-order valence-corrected chi connectivity index (χ3v) is 8.94. The first kappa shape index (κ1) is 18.8. The Bertz CT molecular complexity index is 789. The number of hydrogen-bond acceptors (Lipinski definition) is 2. The van der Waals surface area contributed by atoms with Crippen molar-refractivity contribution in [1.82, 2.24) is 0 Å². The molecule has 0 aromatic heterocycles. The second kappa shape index (κ2) is 6.66. The Morgan fingerprint density at radius 1 is 1.11 bits per heavy atom. The number of benzene rings is 1. The van der Waals surface area contributed by atoms with Crippen LogP contribution in [0.4, 0.5) is 8.78 Å². The van der Waals surface area contributed by atoms with Crippen molar-refractivity contribution >= 4 is 23.4 Å². The molecule has 1 aromatic carbocycles. The molecule has 5 unspecified atom stereocenters. The summed E-state index contributed by atoms with van der Waals surface area (Å²) in [6.07, 6.45) is 6.44. The van der Waals surface area contributed by atoms with E-state index in [2.05, 4.69) is 12.1 Å². The maximum Gasteiger partial charge on any atom is 0.242 e. The fourth-order valence-corrected chi connectivity index (χ4v) is 7.58. The summed E-state index contributed by atoms with van der Waals surface area (Å²) in [6, 6.07) is 10.6. The van der Waals surface area contributed by atoms with E-state index in [1.165, 1.54) is 5.56 Å². The van der Waals surface area contributed by atoms with Gasteiger partial charge in [0.1, 0.15) is 4.99 Å². The molecule has 28 heavy (non-hydrogen) atoms. The lowest BCUT2D eigenvalue weighted by Crippen LogP contribution is -2.35. The summed E-state index contributed by atoms with van der Waals surface area (Å²) >= 11 is 5.82. The van der Waals surface area contributed by atoms with Crippen molar-refractivity contribution in [1.29, 1.82) is 0 Å². The maximum absolute atomic E-state index is 14.0. The van der Waals surface area contributed by atoms with Gasteiger partial charge in [0.05, 0.1) is 0 Å². The maximum atomic E-state index is 14.0. The number of hydrogen-bond donors (Lipinski definition) is 1. The van der Waals surface area contributed by atoms with Crippen LogP contribution < -0.4 is 5.73 Å². The molecule has 0 aliphatic heterocycles. The van der Waals surface area contributed by atoms with E-state index >= 15 is 0 Å². The Balaban J connectivity index is 1.42. The standard InChI is InChI=1S/C23H28F2N2S/c24-20(25)19-17-11-23(21(28)27-12-14-6-8-16(26)9-7-14)13-22(17,10-18(19)23)15-4-2-1-3-5-15/h1-5,12,14,16-20H,6-11,13,26H2. The van der Waals surface area contributed by atoms with E-state index in [1.807, 2.05) is 24.4 Å². The average molecular weight is 403 g/mol. The molecule has 5 fully saturated rings. The van der Waals surface area contributed by atoms with Gasteiger partial charge >= 0.3 is 0 Å². The van der Waals surface area contributed by atoms with Gasteiger partial charge in [0.15, 0.2) is 0 Å². The normalized spacial score (nSPS) is 44.2. The smallest absolute Gasteiger partial charge is 0.242 e. The summed E-state index contributed by atoms with van der Waals surface area (Å²) in [6.45, 7) is 0. The van der Waals surface area contributed by atoms with Gasteiger partial charge in [-0.2, -0.15) is 0 Å². The first-order chi connectivity index (χ1) is 13.5. The Morgan fingerprint density at radius 3 is 2.50 bits per heavy atom. The summed E-state index contributed by atoms with van der Waals surface area (Å²) in [7, 11) is 0. The first-order valence-electron chi connectivity index (χ1n) is 10.6. The van der Waals surface area contributed by atoms with Gasteiger partial charge in [-0.1, -0.05) is 42.5 Å². The van der Waals surface area contributed by atoms with Crippen LogP contribution in [-0.4, -0.2) is 23.7 Å². The van der Waals surface area contributed by atoms with Crippen LogP contribution in [0.25, 0.3) is 0 Å². The number of alkyl halides is 2. The van der Waals surface area contributed by atoms with E-state index in [-0.39, 0.29) is 22.7 Å². The van der Waals surface area contributed by atoms with Crippen LogP contribution in [0, 0.1) is 29.1 Å². The third kappa shape index (κ3) is 2.58. The van der Waals surface area contributed by atoms with Crippen molar-refractivity contribution in [2.45, 2.75) is 62.8 Å². The highest BCUT2D eigenvalue weighted by atomic mass is 32.1. The van der Waals surface area contributed by atoms with Gasteiger partial charge in [-0.05, 0) is 73.7 Å². The highest BCUT2D eigenvalue weighted by Crippen LogP contribution is 2.79. The lowest BCUT2D eigenvalue weighted by molar-refractivity contribution is 0.0312. The molecular formula is C23H28F2N2S. The van der Waals surface area contributed by atoms with E-state index in [0.29, 0.717) is 16.9 Å². The molecule has 0 saturated heterocycles. The van der Waals surface area contributed by atoms with Crippen LogP contribution in [0.5, 0.6) is 0 Å². The molecule has 0 amide bonds. The summed E-state index contributed by atoms with van der Waals surface area (Å²) in [5.41, 5.74) is 6.78. The van der Waals surface area contributed by atoms with Crippen LogP contribution in [0.1, 0.15) is 50.5 Å². The zero-order valence-corrected chi connectivity index (χ0v) is 16.9. The van der Waals surface area contributed by atoms with E-state index in [9.17, 15) is 8.78 Å². The molecule has 0 spiro atoms. The zero-order valence-electron chi connectivity index (χ0n) is 16.1. The van der Waals surface area contributed by atoms with Crippen LogP contribution in [0.15, 0.2) is 35.3 Å². The number of halogens is 2. The molecule has 5 atom stereocenters. The van der Waals surface area contributed by atoms with Crippen LogP contribution in [0.3, 0.4) is 0 Å². The van der Waals surface area contributed by atoms with Crippen LogP contribution in [-0.2, 0) is 5.41 Å². The Hall–Kier alpha value is -1.20. The second-order valence-corrected chi connectivity index (χ2v) is 10.0. The van der Waals surface area contributed by atoms with Gasteiger partial charge in [-0.15, -0.1) is 0 Å². The number of nitrogens with two attached hydrogens (primary N) is 1.